The van der Waals surface area contributed by atoms with Gasteiger partial charge in [0.2, 0.25) is 0 Å². The van der Waals surface area contributed by atoms with Gasteiger partial charge in [0.15, 0.2) is 11.6 Å². The SMILES string of the molecule is O=[N+]([O-])c1ccc(Cl)cc1OCc1nccn1C(F)F. The molecule has 0 aliphatic heterocycles. The van der Waals surface area contributed by atoms with E-state index in [2.05, 4.69) is 4.98 Å². The first-order valence-corrected chi connectivity index (χ1v) is 5.73. The highest BCUT2D eigenvalue weighted by molar-refractivity contribution is 6.30. The zero-order chi connectivity index (χ0) is 14.7. The number of imidazole rings is 1. The Kier molecular flexibility index (Phi) is 4.14. The van der Waals surface area contributed by atoms with Gasteiger partial charge in [0.25, 0.3) is 0 Å². The molecular formula is C11H8ClF2N3O3. The number of hydrogen-bond acceptors (Lipinski definition) is 4. The lowest BCUT2D eigenvalue weighted by Crippen LogP contribution is -2.08. The molecule has 106 valence electrons. The van der Waals surface area contributed by atoms with Crippen LogP contribution in [-0.2, 0) is 6.61 Å². The van der Waals surface area contributed by atoms with Crippen molar-refractivity contribution < 1.29 is 18.4 Å². The van der Waals surface area contributed by atoms with E-state index in [1.54, 1.807) is 0 Å². The highest BCUT2D eigenvalue weighted by Gasteiger charge is 2.17. The number of nitro groups is 1. The second kappa shape index (κ2) is 5.83. The lowest BCUT2D eigenvalue weighted by Gasteiger charge is -2.09. The minimum absolute atomic E-state index is 0.0470. The Labute approximate surface area is 116 Å². The molecule has 0 saturated carbocycles. The standard InChI is InChI=1S/C11H8ClF2N3O3/c12-7-1-2-8(17(18)19)9(5-7)20-6-10-15-3-4-16(10)11(13)14/h1-5,11H,6H2. The van der Waals surface area contributed by atoms with Crippen LogP contribution in [0.2, 0.25) is 5.02 Å². The fourth-order valence-corrected chi connectivity index (χ4v) is 1.69. The van der Waals surface area contributed by atoms with Gasteiger partial charge in [-0.25, -0.2) is 4.98 Å². The third kappa shape index (κ3) is 3.02. The summed E-state index contributed by atoms with van der Waals surface area (Å²) < 4.78 is 31.0. The molecule has 9 heteroatoms. The Morgan fingerprint density at radius 1 is 1.50 bits per heavy atom. The topological polar surface area (TPSA) is 70.2 Å². The summed E-state index contributed by atoms with van der Waals surface area (Å²) in [7, 11) is 0. The van der Waals surface area contributed by atoms with Crippen LogP contribution in [-0.4, -0.2) is 14.5 Å². The molecule has 1 aromatic heterocycles. The average molecular weight is 304 g/mol. The fourth-order valence-electron chi connectivity index (χ4n) is 1.53. The van der Waals surface area contributed by atoms with Gasteiger partial charge >= 0.3 is 12.2 Å². The lowest BCUT2D eigenvalue weighted by molar-refractivity contribution is -0.385. The third-order valence-electron chi connectivity index (χ3n) is 2.43. The lowest BCUT2D eigenvalue weighted by atomic mass is 10.3. The number of aromatic nitrogens is 2. The number of alkyl halides is 2. The van der Waals surface area contributed by atoms with Gasteiger partial charge in [-0.15, -0.1) is 0 Å². The smallest absolute Gasteiger partial charge is 0.320 e. The van der Waals surface area contributed by atoms with Crippen LogP contribution in [0.25, 0.3) is 0 Å². The monoisotopic (exact) mass is 303 g/mol. The Balaban J connectivity index is 2.20. The van der Waals surface area contributed by atoms with Gasteiger partial charge in [-0.3, -0.25) is 14.7 Å². The molecule has 2 aromatic rings. The van der Waals surface area contributed by atoms with Gasteiger partial charge in [0.1, 0.15) is 6.61 Å². The van der Waals surface area contributed by atoms with Gasteiger partial charge in [-0.05, 0) is 6.07 Å². The van der Waals surface area contributed by atoms with Crippen molar-refractivity contribution in [3.05, 3.63) is 51.6 Å². The van der Waals surface area contributed by atoms with Crippen LogP contribution in [0.15, 0.2) is 30.6 Å². The normalized spacial score (nSPS) is 10.8. The van der Waals surface area contributed by atoms with E-state index < -0.39 is 11.5 Å². The van der Waals surface area contributed by atoms with Crippen molar-refractivity contribution in [3.63, 3.8) is 0 Å². The van der Waals surface area contributed by atoms with Gasteiger partial charge in [-0.2, -0.15) is 8.78 Å². The third-order valence-corrected chi connectivity index (χ3v) is 2.67. The molecule has 0 unspecified atom stereocenters. The minimum atomic E-state index is -2.76. The number of benzene rings is 1. The summed E-state index contributed by atoms with van der Waals surface area (Å²) in [5, 5.41) is 11.0. The molecule has 0 amide bonds. The number of hydrogen-bond donors (Lipinski definition) is 0. The van der Waals surface area contributed by atoms with Crippen LogP contribution < -0.4 is 4.74 Å². The summed E-state index contributed by atoms with van der Waals surface area (Å²) in [6, 6.07) is 3.76. The van der Waals surface area contributed by atoms with E-state index in [-0.39, 0.29) is 28.9 Å². The molecular weight excluding hydrogens is 296 g/mol. The summed E-state index contributed by atoms with van der Waals surface area (Å²) in [6.07, 6.45) is 2.28. The van der Waals surface area contributed by atoms with Gasteiger partial charge in [-0.1, -0.05) is 11.6 Å². The first-order chi connectivity index (χ1) is 9.49. The number of halogens is 3. The van der Waals surface area contributed by atoms with E-state index in [0.29, 0.717) is 4.57 Å². The first-order valence-electron chi connectivity index (χ1n) is 5.35. The largest absolute Gasteiger partial charge is 0.479 e. The van der Waals surface area contributed by atoms with Gasteiger partial charge < -0.3 is 4.74 Å². The molecule has 1 aromatic carbocycles. The van der Waals surface area contributed by atoms with Crippen molar-refractivity contribution in [2.75, 3.05) is 0 Å². The van der Waals surface area contributed by atoms with E-state index in [1.165, 1.54) is 24.4 Å². The van der Waals surface area contributed by atoms with Crippen LogP contribution in [0.5, 0.6) is 5.75 Å². The van der Waals surface area contributed by atoms with E-state index >= 15 is 0 Å². The first kappa shape index (κ1) is 14.2. The predicted molar refractivity (Wildman–Crippen MR) is 65.9 cm³/mol. The molecule has 2 rings (SSSR count). The minimum Gasteiger partial charge on any atom is -0.479 e. The van der Waals surface area contributed by atoms with Crippen molar-refractivity contribution in [1.82, 2.24) is 9.55 Å². The van der Waals surface area contributed by atoms with Gasteiger partial charge in [0.05, 0.1) is 4.92 Å². The number of nitrogens with zero attached hydrogens (tertiary/aromatic N) is 3. The Hall–Kier alpha value is -2.22. The number of nitro benzene ring substituents is 1. The molecule has 20 heavy (non-hydrogen) atoms. The maximum Gasteiger partial charge on any atom is 0.320 e. The van der Waals surface area contributed by atoms with Crippen molar-refractivity contribution in [1.29, 1.82) is 0 Å². The molecule has 0 bridgehead atoms. The molecule has 0 spiro atoms. The van der Waals surface area contributed by atoms with E-state index in [0.717, 1.165) is 6.20 Å². The van der Waals surface area contributed by atoms with Crippen LogP contribution in [0.1, 0.15) is 12.4 Å². The molecule has 0 aliphatic rings. The summed E-state index contributed by atoms with van der Waals surface area (Å²) >= 11 is 5.72. The van der Waals surface area contributed by atoms with Crippen LogP contribution >= 0.6 is 11.6 Å². The zero-order valence-corrected chi connectivity index (χ0v) is 10.6. The molecule has 6 nitrogen and oxygen atoms in total. The highest BCUT2D eigenvalue weighted by atomic mass is 35.5. The quantitative estimate of drug-likeness (QED) is 0.627. The Morgan fingerprint density at radius 2 is 2.25 bits per heavy atom. The maximum absolute atomic E-state index is 12.6. The summed E-state index contributed by atoms with van der Waals surface area (Å²) in [4.78, 5) is 13.9. The molecule has 0 saturated heterocycles. The zero-order valence-electron chi connectivity index (χ0n) is 9.87. The molecule has 0 fully saturated rings. The molecule has 0 radical (unpaired) electrons. The molecule has 0 N–H and O–H groups in total. The van der Waals surface area contributed by atoms with Crippen molar-refractivity contribution >= 4 is 17.3 Å². The van der Waals surface area contributed by atoms with Crippen LogP contribution in [0.4, 0.5) is 14.5 Å². The second-order valence-corrected chi connectivity index (χ2v) is 4.12. The molecule has 0 atom stereocenters. The van der Waals surface area contributed by atoms with Crippen LogP contribution in [0, 0.1) is 10.1 Å². The number of ether oxygens (including phenoxy) is 1. The molecule has 1 heterocycles. The van der Waals surface area contributed by atoms with Crippen molar-refractivity contribution in [3.8, 4) is 5.75 Å². The molecule has 0 aliphatic carbocycles. The summed E-state index contributed by atoms with van der Waals surface area (Å²) in [5.41, 5.74) is -0.301. The Bertz CT molecular complexity index is 633. The fraction of sp³-hybridized carbons (Fsp3) is 0.182. The van der Waals surface area contributed by atoms with Gasteiger partial charge in [0, 0.05) is 29.5 Å². The Morgan fingerprint density at radius 3 is 2.90 bits per heavy atom. The number of rotatable bonds is 5. The highest BCUT2D eigenvalue weighted by Crippen LogP contribution is 2.30. The van der Waals surface area contributed by atoms with Crippen molar-refractivity contribution in [2.45, 2.75) is 13.2 Å². The summed E-state index contributed by atoms with van der Waals surface area (Å²) in [5.74, 6) is -0.152. The average Bonchev–Trinajstić information content (AvgIpc) is 2.84. The van der Waals surface area contributed by atoms with Crippen molar-refractivity contribution in [2.24, 2.45) is 0 Å². The van der Waals surface area contributed by atoms with E-state index in [4.69, 9.17) is 16.3 Å². The predicted octanol–water partition coefficient (Wildman–Crippen LogP) is 3.42. The van der Waals surface area contributed by atoms with Crippen LogP contribution in [0.3, 0.4) is 0 Å². The second-order valence-electron chi connectivity index (χ2n) is 3.69. The van der Waals surface area contributed by atoms with E-state index in [9.17, 15) is 18.9 Å². The summed E-state index contributed by atoms with van der Waals surface area (Å²) in [6.45, 7) is -3.09. The maximum atomic E-state index is 12.6. The van der Waals surface area contributed by atoms with E-state index in [1.807, 2.05) is 0 Å².